The number of carboxylic acids is 1. The first-order chi connectivity index (χ1) is 7.61. The Bertz CT molecular complexity index is 222. The Morgan fingerprint density at radius 2 is 2.12 bits per heavy atom. The van der Waals surface area contributed by atoms with Gasteiger partial charge in [-0.05, 0) is 6.92 Å². The maximum absolute atomic E-state index is 11.2. The number of carbonyl (C=O) groups is 2. The lowest BCUT2D eigenvalue weighted by atomic mass is 10.3. The first kappa shape index (κ1) is 14.7. The second-order valence-electron chi connectivity index (χ2n) is 2.94. The summed E-state index contributed by atoms with van der Waals surface area (Å²) in [6.07, 6.45) is 0. The van der Waals surface area contributed by atoms with Crippen molar-refractivity contribution in [3.05, 3.63) is 0 Å². The molecule has 0 aliphatic carbocycles. The van der Waals surface area contributed by atoms with Gasteiger partial charge in [0, 0.05) is 20.3 Å². The van der Waals surface area contributed by atoms with E-state index in [1.165, 1.54) is 7.11 Å². The maximum atomic E-state index is 11.2. The molecule has 0 rings (SSSR count). The minimum atomic E-state index is -1.14. The molecule has 0 spiro atoms. The number of hydrogen-bond donors (Lipinski definition) is 3. The summed E-state index contributed by atoms with van der Waals surface area (Å²) >= 11 is 0. The van der Waals surface area contributed by atoms with E-state index in [9.17, 15) is 9.59 Å². The van der Waals surface area contributed by atoms with Crippen LogP contribution in [0.2, 0.25) is 0 Å². The Morgan fingerprint density at radius 3 is 2.62 bits per heavy atom. The molecule has 0 aliphatic rings. The Kier molecular flexibility index (Phi) is 8.18. The summed E-state index contributed by atoms with van der Waals surface area (Å²) in [5, 5.41) is 13.4. The van der Waals surface area contributed by atoms with Gasteiger partial charge in [0.25, 0.3) is 0 Å². The van der Waals surface area contributed by atoms with Crippen LogP contribution in [0.4, 0.5) is 4.79 Å². The van der Waals surface area contributed by atoms with E-state index in [0.29, 0.717) is 19.8 Å². The Labute approximate surface area is 94.1 Å². The third-order valence-corrected chi connectivity index (χ3v) is 1.67. The van der Waals surface area contributed by atoms with Crippen molar-refractivity contribution < 1.29 is 24.2 Å². The highest BCUT2D eigenvalue weighted by Crippen LogP contribution is 1.85. The van der Waals surface area contributed by atoms with Gasteiger partial charge in [0.1, 0.15) is 0 Å². The molecule has 0 aliphatic heterocycles. The van der Waals surface area contributed by atoms with E-state index < -0.39 is 18.0 Å². The Hall–Kier alpha value is -1.34. The minimum absolute atomic E-state index is 0.0752. The van der Waals surface area contributed by atoms with Crippen LogP contribution in [0.5, 0.6) is 0 Å². The third kappa shape index (κ3) is 7.02. The van der Waals surface area contributed by atoms with Crippen LogP contribution in [0.25, 0.3) is 0 Å². The van der Waals surface area contributed by atoms with E-state index in [-0.39, 0.29) is 6.61 Å². The predicted octanol–water partition coefficient (Wildman–Crippen LogP) is -0.578. The zero-order chi connectivity index (χ0) is 12.4. The number of carboxylic acid groups (broad SMARTS) is 1. The Morgan fingerprint density at radius 1 is 1.44 bits per heavy atom. The molecule has 16 heavy (non-hydrogen) atoms. The molecule has 1 unspecified atom stereocenters. The van der Waals surface area contributed by atoms with E-state index in [1.807, 2.05) is 6.92 Å². The number of ether oxygens (including phenoxy) is 2. The van der Waals surface area contributed by atoms with E-state index in [0.717, 1.165) is 0 Å². The quantitative estimate of drug-likeness (QED) is 0.488. The highest BCUT2D eigenvalue weighted by molar-refractivity contribution is 5.82. The van der Waals surface area contributed by atoms with E-state index in [4.69, 9.17) is 9.84 Å². The first-order valence-electron chi connectivity index (χ1n) is 4.95. The van der Waals surface area contributed by atoms with Crippen LogP contribution < -0.4 is 10.6 Å². The summed E-state index contributed by atoms with van der Waals surface area (Å²) < 4.78 is 9.66. The average Bonchev–Trinajstić information content (AvgIpc) is 2.23. The van der Waals surface area contributed by atoms with Gasteiger partial charge in [-0.1, -0.05) is 0 Å². The van der Waals surface area contributed by atoms with Gasteiger partial charge in [0.15, 0.2) is 6.04 Å². The third-order valence-electron chi connectivity index (χ3n) is 1.67. The lowest BCUT2D eigenvalue weighted by Gasteiger charge is -2.14. The van der Waals surface area contributed by atoms with E-state index >= 15 is 0 Å². The molecular formula is C9H18N2O5. The van der Waals surface area contributed by atoms with Gasteiger partial charge in [-0.15, -0.1) is 0 Å². The van der Waals surface area contributed by atoms with Gasteiger partial charge in [-0.25, -0.2) is 9.59 Å². The highest BCUT2D eigenvalue weighted by Gasteiger charge is 2.18. The van der Waals surface area contributed by atoms with Crippen molar-refractivity contribution in [2.24, 2.45) is 0 Å². The summed E-state index contributed by atoms with van der Waals surface area (Å²) in [4.78, 5) is 21.9. The van der Waals surface area contributed by atoms with Gasteiger partial charge in [0.05, 0.1) is 13.2 Å². The molecule has 0 aromatic carbocycles. The van der Waals surface area contributed by atoms with Crippen molar-refractivity contribution >= 4 is 12.0 Å². The molecule has 0 aromatic heterocycles. The van der Waals surface area contributed by atoms with Crippen LogP contribution in [0.15, 0.2) is 0 Å². The zero-order valence-electron chi connectivity index (χ0n) is 9.49. The predicted molar refractivity (Wildman–Crippen MR) is 56.3 cm³/mol. The second-order valence-corrected chi connectivity index (χ2v) is 2.94. The topological polar surface area (TPSA) is 96.9 Å². The number of amides is 2. The number of urea groups is 1. The van der Waals surface area contributed by atoms with Crippen LogP contribution in [0.1, 0.15) is 6.92 Å². The molecule has 94 valence electrons. The molecule has 7 nitrogen and oxygen atoms in total. The fraction of sp³-hybridized carbons (Fsp3) is 0.778. The fourth-order valence-electron chi connectivity index (χ4n) is 0.932. The van der Waals surface area contributed by atoms with Crippen molar-refractivity contribution in [1.29, 1.82) is 0 Å². The molecule has 7 heteroatoms. The van der Waals surface area contributed by atoms with Gasteiger partial charge < -0.3 is 25.2 Å². The van der Waals surface area contributed by atoms with Crippen LogP contribution in [0.3, 0.4) is 0 Å². The highest BCUT2D eigenvalue weighted by atomic mass is 16.5. The summed E-state index contributed by atoms with van der Waals surface area (Å²) in [5.74, 6) is -1.14. The molecule has 0 heterocycles. The van der Waals surface area contributed by atoms with Gasteiger partial charge >= 0.3 is 12.0 Å². The lowest BCUT2D eigenvalue weighted by Crippen LogP contribution is -2.48. The summed E-state index contributed by atoms with van der Waals surface area (Å²) in [5.41, 5.74) is 0. The van der Waals surface area contributed by atoms with E-state index in [2.05, 4.69) is 15.4 Å². The lowest BCUT2D eigenvalue weighted by molar-refractivity contribution is -0.140. The largest absolute Gasteiger partial charge is 0.480 e. The molecule has 0 radical (unpaired) electrons. The molecule has 1 atom stereocenters. The number of aliphatic carboxylic acids is 1. The van der Waals surface area contributed by atoms with Gasteiger partial charge in [-0.3, -0.25) is 0 Å². The van der Waals surface area contributed by atoms with E-state index in [1.54, 1.807) is 0 Å². The molecule has 0 aromatic rings. The molecule has 2 amide bonds. The molecule has 0 fully saturated rings. The van der Waals surface area contributed by atoms with Gasteiger partial charge in [0.2, 0.25) is 0 Å². The van der Waals surface area contributed by atoms with Crippen molar-refractivity contribution in [2.45, 2.75) is 13.0 Å². The summed E-state index contributed by atoms with van der Waals surface area (Å²) in [6, 6.07) is -1.60. The monoisotopic (exact) mass is 234 g/mol. The van der Waals surface area contributed by atoms with Crippen molar-refractivity contribution in [3.8, 4) is 0 Å². The van der Waals surface area contributed by atoms with Crippen LogP contribution >= 0.6 is 0 Å². The molecule has 0 saturated heterocycles. The standard InChI is InChI=1S/C9H18N2O5/c1-3-16-5-4-10-9(14)11-7(6-15-2)8(12)13/h7H,3-6H2,1-2H3,(H,12,13)(H2,10,11,14). The first-order valence-corrected chi connectivity index (χ1v) is 4.95. The number of carbonyl (C=O) groups excluding carboxylic acids is 1. The van der Waals surface area contributed by atoms with Crippen LogP contribution in [0, 0.1) is 0 Å². The van der Waals surface area contributed by atoms with Gasteiger partial charge in [-0.2, -0.15) is 0 Å². The summed E-state index contributed by atoms with van der Waals surface area (Å²) in [6.45, 7) is 3.07. The minimum Gasteiger partial charge on any atom is -0.480 e. The number of methoxy groups -OCH3 is 1. The van der Waals surface area contributed by atoms with Crippen molar-refractivity contribution in [3.63, 3.8) is 0 Å². The maximum Gasteiger partial charge on any atom is 0.328 e. The van der Waals surface area contributed by atoms with Crippen molar-refractivity contribution in [2.75, 3.05) is 33.5 Å². The smallest absolute Gasteiger partial charge is 0.328 e. The van der Waals surface area contributed by atoms with Crippen LogP contribution in [-0.2, 0) is 14.3 Å². The number of rotatable bonds is 8. The molecule has 3 N–H and O–H groups in total. The molecule has 0 saturated carbocycles. The summed E-state index contributed by atoms with van der Waals surface area (Å²) in [7, 11) is 1.37. The molecular weight excluding hydrogens is 216 g/mol. The number of nitrogens with one attached hydrogen (secondary N) is 2. The molecule has 0 bridgehead atoms. The second kappa shape index (κ2) is 8.93. The zero-order valence-corrected chi connectivity index (χ0v) is 9.49. The average molecular weight is 234 g/mol. The fourth-order valence-corrected chi connectivity index (χ4v) is 0.932. The van der Waals surface area contributed by atoms with Crippen molar-refractivity contribution in [1.82, 2.24) is 10.6 Å². The van der Waals surface area contributed by atoms with Crippen LogP contribution in [-0.4, -0.2) is 56.6 Å². The normalized spacial score (nSPS) is 11.9. The number of hydrogen-bond acceptors (Lipinski definition) is 4. The Balaban J connectivity index is 3.77. The SMILES string of the molecule is CCOCCNC(=O)NC(COC)C(=O)O.